The summed E-state index contributed by atoms with van der Waals surface area (Å²) in [7, 11) is 0. The summed E-state index contributed by atoms with van der Waals surface area (Å²) in [6, 6.07) is 17.4. The Kier molecular flexibility index (Phi) is 4.81. The molecule has 0 bridgehead atoms. The monoisotopic (exact) mass is 352 g/mol. The molecule has 0 aliphatic carbocycles. The van der Waals surface area contributed by atoms with Crippen LogP contribution in [0.4, 0.5) is 0 Å². The molecule has 0 amide bonds. The summed E-state index contributed by atoms with van der Waals surface area (Å²) in [5, 5.41) is 1.84. The number of hydrogen-bond acceptors (Lipinski definition) is 0. The molecular formula is C15H14Br2. The Morgan fingerprint density at radius 3 is 1.82 bits per heavy atom. The highest BCUT2D eigenvalue weighted by molar-refractivity contribution is 9.08. The molecule has 0 aliphatic rings. The predicted molar refractivity (Wildman–Crippen MR) is 81.0 cm³/mol. The number of alkyl halides is 2. The fraction of sp³-hybridized carbons (Fsp3) is 0.200. The van der Waals surface area contributed by atoms with Gasteiger partial charge in [0.1, 0.15) is 0 Å². The Morgan fingerprint density at radius 2 is 1.24 bits per heavy atom. The first-order chi connectivity index (χ1) is 8.33. The Morgan fingerprint density at radius 1 is 0.647 bits per heavy atom. The van der Waals surface area contributed by atoms with E-state index in [1.807, 2.05) is 0 Å². The quantitative estimate of drug-likeness (QED) is 0.673. The van der Waals surface area contributed by atoms with Gasteiger partial charge in [-0.2, -0.15) is 0 Å². The van der Waals surface area contributed by atoms with Gasteiger partial charge in [-0.15, -0.1) is 0 Å². The second-order valence-corrected chi connectivity index (χ2v) is 5.15. The molecule has 0 saturated heterocycles. The molecule has 2 rings (SSSR count). The molecule has 0 aromatic heterocycles. The molecule has 0 unspecified atom stereocenters. The Bertz CT molecular complexity index is 475. The summed E-state index contributed by atoms with van der Waals surface area (Å²) in [6.45, 7) is 0. The maximum absolute atomic E-state index is 3.54. The van der Waals surface area contributed by atoms with Crippen LogP contribution in [0.3, 0.4) is 0 Å². The minimum atomic E-state index is 0.919. The highest BCUT2D eigenvalue weighted by Crippen LogP contribution is 2.17. The van der Waals surface area contributed by atoms with Crippen LogP contribution in [0.15, 0.2) is 48.5 Å². The lowest BCUT2D eigenvalue weighted by Gasteiger charge is -2.07. The SMILES string of the molecule is BrCc1ccc(Cc2ccccc2CBr)cc1. The van der Waals surface area contributed by atoms with Crippen LogP contribution in [0.25, 0.3) is 0 Å². The lowest BCUT2D eigenvalue weighted by molar-refractivity contribution is 1.15. The smallest absolute Gasteiger partial charge is 0.0285 e. The maximum Gasteiger partial charge on any atom is 0.0285 e. The molecular weight excluding hydrogens is 340 g/mol. The molecule has 0 atom stereocenters. The van der Waals surface area contributed by atoms with Gasteiger partial charge < -0.3 is 0 Å². The average molecular weight is 354 g/mol. The molecule has 0 heterocycles. The van der Waals surface area contributed by atoms with Crippen molar-refractivity contribution in [1.82, 2.24) is 0 Å². The third-order valence-corrected chi connectivity index (χ3v) is 4.09. The van der Waals surface area contributed by atoms with E-state index in [1.54, 1.807) is 0 Å². The molecule has 2 aromatic rings. The highest BCUT2D eigenvalue weighted by Gasteiger charge is 2.01. The van der Waals surface area contributed by atoms with Gasteiger partial charge >= 0.3 is 0 Å². The van der Waals surface area contributed by atoms with Crippen molar-refractivity contribution in [2.45, 2.75) is 17.1 Å². The Labute approximate surface area is 119 Å². The Hall–Kier alpha value is -0.600. The normalized spacial score (nSPS) is 10.5. The van der Waals surface area contributed by atoms with Crippen molar-refractivity contribution in [3.8, 4) is 0 Å². The fourth-order valence-electron chi connectivity index (χ4n) is 1.83. The average Bonchev–Trinajstić information content (AvgIpc) is 2.40. The zero-order valence-electron chi connectivity index (χ0n) is 9.50. The van der Waals surface area contributed by atoms with E-state index in [0.717, 1.165) is 17.1 Å². The zero-order chi connectivity index (χ0) is 12.1. The van der Waals surface area contributed by atoms with Gasteiger partial charge in [0.25, 0.3) is 0 Å². The molecule has 2 heteroatoms. The van der Waals surface area contributed by atoms with E-state index >= 15 is 0 Å². The first-order valence-electron chi connectivity index (χ1n) is 5.60. The van der Waals surface area contributed by atoms with Gasteiger partial charge in [0.15, 0.2) is 0 Å². The van der Waals surface area contributed by atoms with Crippen LogP contribution in [0.5, 0.6) is 0 Å². The van der Waals surface area contributed by atoms with Gasteiger partial charge in [-0.3, -0.25) is 0 Å². The van der Waals surface area contributed by atoms with Crippen LogP contribution >= 0.6 is 31.9 Å². The van der Waals surface area contributed by atoms with Gasteiger partial charge in [-0.25, -0.2) is 0 Å². The first-order valence-corrected chi connectivity index (χ1v) is 7.84. The predicted octanol–water partition coefficient (Wildman–Crippen LogP) is 5.07. The van der Waals surface area contributed by atoms with E-state index < -0.39 is 0 Å². The first kappa shape index (κ1) is 12.8. The third kappa shape index (κ3) is 3.43. The molecule has 17 heavy (non-hydrogen) atoms. The van der Waals surface area contributed by atoms with Gasteiger partial charge in [-0.05, 0) is 28.7 Å². The molecule has 0 N–H and O–H groups in total. The van der Waals surface area contributed by atoms with Gasteiger partial charge in [0.2, 0.25) is 0 Å². The summed E-state index contributed by atoms with van der Waals surface area (Å²) in [5.74, 6) is 0. The summed E-state index contributed by atoms with van der Waals surface area (Å²) in [6.07, 6.45) is 1.00. The third-order valence-electron chi connectivity index (χ3n) is 2.83. The van der Waals surface area contributed by atoms with Crippen molar-refractivity contribution in [2.75, 3.05) is 0 Å². The molecule has 2 aromatic carbocycles. The Balaban J connectivity index is 2.19. The summed E-state index contributed by atoms with van der Waals surface area (Å²) < 4.78 is 0. The van der Waals surface area contributed by atoms with Crippen molar-refractivity contribution in [2.24, 2.45) is 0 Å². The van der Waals surface area contributed by atoms with Crippen LogP contribution in [-0.2, 0) is 17.1 Å². The molecule has 0 saturated carbocycles. The number of benzene rings is 2. The highest BCUT2D eigenvalue weighted by atomic mass is 79.9. The maximum atomic E-state index is 3.54. The van der Waals surface area contributed by atoms with Crippen molar-refractivity contribution in [3.63, 3.8) is 0 Å². The van der Waals surface area contributed by atoms with E-state index in [1.165, 1.54) is 22.3 Å². The van der Waals surface area contributed by atoms with Gasteiger partial charge in [0, 0.05) is 10.7 Å². The topological polar surface area (TPSA) is 0 Å². The van der Waals surface area contributed by atoms with Crippen molar-refractivity contribution in [3.05, 3.63) is 70.8 Å². The van der Waals surface area contributed by atoms with Crippen LogP contribution < -0.4 is 0 Å². The van der Waals surface area contributed by atoms with E-state index in [9.17, 15) is 0 Å². The zero-order valence-corrected chi connectivity index (χ0v) is 12.7. The summed E-state index contributed by atoms with van der Waals surface area (Å²) in [4.78, 5) is 0. The molecule has 0 fully saturated rings. The van der Waals surface area contributed by atoms with Crippen LogP contribution in [-0.4, -0.2) is 0 Å². The van der Waals surface area contributed by atoms with Gasteiger partial charge in [0.05, 0.1) is 0 Å². The van der Waals surface area contributed by atoms with Crippen LogP contribution in [0, 0.1) is 0 Å². The lowest BCUT2D eigenvalue weighted by atomic mass is 10.00. The second-order valence-electron chi connectivity index (χ2n) is 4.03. The standard InChI is InChI=1S/C15H14Br2/c16-10-13-7-5-12(6-8-13)9-14-3-1-2-4-15(14)11-17/h1-8H,9-11H2. The van der Waals surface area contributed by atoms with Crippen LogP contribution in [0.2, 0.25) is 0 Å². The van der Waals surface area contributed by atoms with E-state index in [2.05, 4.69) is 80.4 Å². The van der Waals surface area contributed by atoms with E-state index in [4.69, 9.17) is 0 Å². The largest absolute Gasteiger partial charge is 0.0876 e. The van der Waals surface area contributed by atoms with Crippen molar-refractivity contribution < 1.29 is 0 Å². The number of rotatable bonds is 4. The van der Waals surface area contributed by atoms with Crippen LogP contribution in [0.1, 0.15) is 22.3 Å². The molecule has 0 radical (unpaired) electrons. The van der Waals surface area contributed by atoms with E-state index in [-0.39, 0.29) is 0 Å². The molecule has 0 spiro atoms. The minimum absolute atomic E-state index is 0.919. The lowest BCUT2D eigenvalue weighted by Crippen LogP contribution is -1.93. The fourth-order valence-corrected chi connectivity index (χ4v) is 2.75. The molecule has 0 aliphatic heterocycles. The number of hydrogen-bond donors (Lipinski definition) is 0. The number of halogens is 2. The summed E-state index contributed by atoms with van der Waals surface area (Å²) in [5.41, 5.74) is 5.46. The summed E-state index contributed by atoms with van der Waals surface area (Å²) >= 11 is 7.00. The minimum Gasteiger partial charge on any atom is -0.0876 e. The second kappa shape index (κ2) is 6.36. The van der Waals surface area contributed by atoms with E-state index in [0.29, 0.717) is 0 Å². The van der Waals surface area contributed by atoms with Gasteiger partial charge in [-0.1, -0.05) is 80.4 Å². The van der Waals surface area contributed by atoms with Crippen molar-refractivity contribution >= 4 is 31.9 Å². The van der Waals surface area contributed by atoms with Crippen molar-refractivity contribution in [1.29, 1.82) is 0 Å². The molecule has 88 valence electrons. The molecule has 0 nitrogen and oxygen atoms in total.